The van der Waals surface area contributed by atoms with E-state index in [1.165, 1.54) is 25.7 Å². The number of urea groups is 1. The van der Waals surface area contributed by atoms with E-state index in [2.05, 4.69) is 15.5 Å². The second-order valence-electron chi connectivity index (χ2n) is 6.49. The number of likely N-dealkylation sites (tertiary alicyclic amines) is 1. The summed E-state index contributed by atoms with van der Waals surface area (Å²) in [6.45, 7) is 3.19. The average Bonchev–Trinajstić information content (AvgIpc) is 2.87. The number of hydrogen-bond acceptors (Lipinski definition) is 4. The molecule has 0 radical (unpaired) electrons. The van der Waals surface area contributed by atoms with Gasteiger partial charge in [0.25, 0.3) is 0 Å². The maximum absolute atomic E-state index is 11.8. The van der Waals surface area contributed by atoms with Gasteiger partial charge in [0, 0.05) is 25.2 Å². The average molecular weight is 348 g/mol. The normalized spacial score (nSPS) is 16.7. The first-order valence-electron chi connectivity index (χ1n) is 8.85. The van der Waals surface area contributed by atoms with Crippen LogP contribution < -0.4 is 16.4 Å². The van der Waals surface area contributed by atoms with Crippen molar-refractivity contribution in [3.05, 3.63) is 35.4 Å². The molecule has 5 N–H and O–H groups in total. The predicted molar refractivity (Wildman–Crippen MR) is 96.1 cm³/mol. The molecule has 3 amide bonds. The summed E-state index contributed by atoms with van der Waals surface area (Å²) in [6, 6.07) is 6.42. The summed E-state index contributed by atoms with van der Waals surface area (Å²) in [5, 5.41) is 15.5. The van der Waals surface area contributed by atoms with Crippen LogP contribution in [0.3, 0.4) is 0 Å². The van der Waals surface area contributed by atoms with Crippen molar-refractivity contribution < 1.29 is 14.7 Å². The van der Waals surface area contributed by atoms with Gasteiger partial charge in [0.1, 0.15) is 0 Å². The van der Waals surface area contributed by atoms with Gasteiger partial charge in [-0.3, -0.25) is 4.79 Å². The number of nitrogens with two attached hydrogens (primary N) is 1. The minimum absolute atomic E-state index is 0.225. The Balaban J connectivity index is 1.65. The summed E-state index contributed by atoms with van der Waals surface area (Å²) >= 11 is 0. The Morgan fingerprint density at radius 1 is 1.08 bits per heavy atom. The van der Waals surface area contributed by atoms with Crippen molar-refractivity contribution in [3.63, 3.8) is 0 Å². The molecule has 1 atom stereocenters. The molecule has 1 fully saturated rings. The van der Waals surface area contributed by atoms with Crippen molar-refractivity contribution in [2.75, 3.05) is 26.2 Å². The van der Waals surface area contributed by atoms with Gasteiger partial charge >= 0.3 is 6.03 Å². The lowest BCUT2D eigenvalue weighted by molar-refractivity contribution is 0.1000. The van der Waals surface area contributed by atoms with Crippen LogP contribution in [-0.2, 0) is 6.54 Å². The molecule has 0 bridgehead atoms. The van der Waals surface area contributed by atoms with E-state index < -0.39 is 12.0 Å². The zero-order valence-electron chi connectivity index (χ0n) is 14.5. The molecule has 25 heavy (non-hydrogen) atoms. The number of primary amides is 1. The van der Waals surface area contributed by atoms with Crippen LogP contribution in [0.1, 0.15) is 41.6 Å². The molecular formula is C18H28N4O3. The highest BCUT2D eigenvalue weighted by Gasteiger charge is 2.14. The van der Waals surface area contributed by atoms with Crippen LogP contribution in [0, 0.1) is 0 Å². The Kier molecular flexibility index (Phi) is 7.69. The first kappa shape index (κ1) is 19.2. The van der Waals surface area contributed by atoms with Crippen LogP contribution in [0.5, 0.6) is 0 Å². The first-order valence-corrected chi connectivity index (χ1v) is 8.85. The summed E-state index contributed by atoms with van der Waals surface area (Å²) in [5.41, 5.74) is 6.48. The number of carbonyl (C=O) groups is 2. The van der Waals surface area contributed by atoms with Crippen molar-refractivity contribution in [2.45, 2.75) is 38.3 Å². The van der Waals surface area contributed by atoms with Gasteiger partial charge in [-0.15, -0.1) is 0 Å². The number of rotatable bonds is 7. The van der Waals surface area contributed by atoms with Crippen LogP contribution in [-0.4, -0.2) is 54.2 Å². The molecule has 0 saturated carbocycles. The largest absolute Gasteiger partial charge is 0.390 e. The van der Waals surface area contributed by atoms with Gasteiger partial charge in [0.2, 0.25) is 5.91 Å². The summed E-state index contributed by atoms with van der Waals surface area (Å²) in [7, 11) is 0. The molecule has 0 spiro atoms. The molecule has 1 aromatic rings. The molecule has 1 unspecified atom stereocenters. The predicted octanol–water partition coefficient (Wildman–Crippen LogP) is 0.822. The Morgan fingerprint density at radius 3 is 2.32 bits per heavy atom. The molecule has 7 nitrogen and oxygen atoms in total. The number of aliphatic hydroxyl groups is 1. The second-order valence-corrected chi connectivity index (χ2v) is 6.49. The fraction of sp³-hybridized carbons (Fsp3) is 0.556. The van der Waals surface area contributed by atoms with E-state index in [4.69, 9.17) is 5.73 Å². The Labute approximate surface area is 148 Å². The lowest BCUT2D eigenvalue weighted by Crippen LogP contribution is -2.43. The Bertz CT molecular complexity index is 554. The van der Waals surface area contributed by atoms with E-state index in [0.29, 0.717) is 18.7 Å². The number of amides is 3. The van der Waals surface area contributed by atoms with Crippen LogP contribution in [0.2, 0.25) is 0 Å². The highest BCUT2D eigenvalue weighted by molar-refractivity contribution is 5.92. The Hall–Kier alpha value is -2.12. The number of hydrogen-bond donors (Lipinski definition) is 4. The van der Waals surface area contributed by atoms with Crippen molar-refractivity contribution in [2.24, 2.45) is 5.73 Å². The van der Waals surface area contributed by atoms with Crippen LogP contribution in [0.15, 0.2) is 24.3 Å². The van der Waals surface area contributed by atoms with Crippen molar-refractivity contribution >= 4 is 11.9 Å². The number of benzene rings is 1. The first-order chi connectivity index (χ1) is 12.0. The van der Waals surface area contributed by atoms with Gasteiger partial charge in [0.15, 0.2) is 0 Å². The molecule has 7 heteroatoms. The molecule has 1 aliphatic rings. The van der Waals surface area contributed by atoms with E-state index in [1.54, 1.807) is 24.3 Å². The molecule has 1 heterocycles. The summed E-state index contributed by atoms with van der Waals surface area (Å²) in [6.07, 6.45) is 4.30. The summed E-state index contributed by atoms with van der Waals surface area (Å²) in [5.74, 6) is -0.476. The lowest BCUT2D eigenvalue weighted by Gasteiger charge is -2.23. The van der Waals surface area contributed by atoms with Crippen molar-refractivity contribution in [1.29, 1.82) is 0 Å². The third-order valence-corrected chi connectivity index (χ3v) is 4.36. The molecule has 1 saturated heterocycles. The van der Waals surface area contributed by atoms with Crippen LogP contribution in [0.4, 0.5) is 4.79 Å². The van der Waals surface area contributed by atoms with Gasteiger partial charge in [-0.2, -0.15) is 0 Å². The highest BCUT2D eigenvalue weighted by atomic mass is 16.3. The fourth-order valence-corrected chi connectivity index (χ4v) is 2.92. The highest BCUT2D eigenvalue weighted by Crippen LogP contribution is 2.09. The van der Waals surface area contributed by atoms with Gasteiger partial charge in [-0.25, -0.2) is 4.79 Å². The van der Waals surface area contributed by atoms with E-state index >= 15 is 0 Å². The third kappa shape index (κ3) is 7.11. The van der Waals surface area contributed by atoms with Gasteiger partial charge in [-0.1, -0.05) is 25.0 Å². The summed E-state index contributed by atoms with van der Waals surface area (Å²) < 4.78 is 0. The van der Waals surface area contributed by atoms with E-state index in [0.717, 1.165) is 18.7 Å². The fourth-order valence-electron chi connectivity index (χ4n) is 2.92. The van der Waals surface area contributed by atoms with Gasteiger partial charge in [0.05, 0.1) is 6.10 Å². The molecule has 0 aromatic heterocycles. The molecule has 138 valence electrons. The zero-order chi connectivity index (χ0) is 18.1. The zero-order valence-corrected chi connectivity index (χ0v) is 14.5. The molecule has 2 rings (SSSR count). The topological polar surface area (TPSA) is 108 Å². The number of nitrogens with one attached hydrogen (secondary N) is 2. The monoisotopic (exact) mass is 348 g/mol. The number of carbonyl (C=O) groups excluding carboxylic acids is 2. The maximum Gasteiger partial charge on any atom is 0.315 e. The SMILES string of the molecule is NC(=O)c1ccc(CNC(=O)NCC(O)CN2CCCCCC2)cc1. The van der Waals surface area contributed by atoms with E-state index in [-0.39, 0.29) is 12.6 Å². The number of nitrogens with zero attached hydrogens (tertiary/aromatic N) is 1. The Morgan fingerprint density at radius 2 is 1.72 bits per heavy atom. The van der Waals surface area contributed by atoms with E-state index in [1.807, 2.05) is 0 Å². The van der Waals surface area contributed by atoms with Crippen LogP contribution in [0.25, 0.3) is 0 Å². The minimum atomic E-state index is -0.571. The smallest absolute Gasteiger partial charge is 0.315 e. The lowest BCUT2D eigenvalue weighted by atomic mass is 10.1. The summed E-state index contributed by atoms with van der Waals surface area (Å²) in [4.78, 5) is 25.1. The van der Waals surface area contributed by atoms with Crippen LogP contribution >= 0.6 is 0 Å². The molecule has 1 aromatic carbocycles. The van der Waals surface area contributed by atoms with Crippen molar-refractivity contribution in [3.8, 4) is 0 Å². The number of β-amino-alcohol motifs (C(OH)–C–C–N with tert-alkyl or cyclic N) is 1. The van der Waals surface area contributed by atoms with Gasteiger partial charge in [-0.05, 0) is 43.6 Å². The quantitative estimate of drug-likeness (QED) is 0.585. The molecule has 1 aliphatic heterocycles. The third-order valence-electron chi connectivity index (χ3n) is 4.36. The second kappa shape index (κ2) is 10.0. The maximum atomic E-state index is 11.8. The van der Waals surface area contributed by atoms with E-state index in [9.17, 15) is 14.7 Å². The van der Waals surface area contributed by atoms with Gasteiger partial charge < -0.3 is 26.4 Å². The molecule has 0 aliphatic carbocycles. The number of aliphatic hydroxyl groups excluding tert-OH is 1. The molecular weight excluding hydrogens is 320 g/mol. The standard InChI is InChI=1S/C18H28N4O3/c19-17(24)15-7-5-14(6-8-15)11-20-18(25)21-12-16(23)13-22-9-3-1-2-4-10-22/h5-8,16,23H,1-4,9-13H2,(H2,19,24)(H2,20,21,25). The van der Waals surface area contributed by atoms with Crippen molar-refractivity contribution in [1.82, 2.24) is 15.5 Å². The minimum Gasteiger partial charge on any atom is -0.390 e.